The third-order valence-electron chi connectivity index (χ3n) is 7.33. The number of pyridine rings is 1. The molecule has 3 aromatic heterocycles. The first-order valence-corrected chi connectivity index (χ1v) is 12.5. The van der Waals surface area contributed by atoms with Gasteiger partial charge in [-0.05, 0) is 31.7 Å². The summed E-state index contributed by atoms with van der Waals surface area (Å²) in [4.78, 5) is 30.3. The van der Waals surface area contributed by atoms with Crippen molar-refractivity contribution in [1.82, 2.24) is 29.6 Å². The molecule has 10 nitrogen and oxygen atoms in total. The summed E-state index contributed by atoms with van der Waals surface area (Å²) >= 11 is 0. The fraction of sp³-hybridized carbons (Fsp3) is 0.480. The van der Waals surface area contributed by atoms with Gasteiger partial charge >= 0.3 is 6.61 Å². The van der Waals surface area contributed by atoms with Crippen LogP contribution in [0.15, 0.2) is 36.8 Å². The number of aryl methyl sites for hydroxylation is 1. The summed E-state index contributed by atoms with van der Waals surface area (Å²) in [7, 11) is 1.82. The number of anilines is 3. The predicted molar refractivity (Wildman–Crippen MR) is 132 cm³/mol. The number of rotatable bonds is 7. The van der Waals surface area contributed by atoms with Gasteiger partial charge in [0.15, 0.2) is 5.82 Å². The number of hydrogen-bond donors (Lipinski definition) is 1. The highest BCUT2D eigenvalue weighted by Crippen LogP contribution is 2.44. The van der Waals surface area contributed by atoms with Gasteiger partial charge in [0.2, 0.25) is 5.91 Å². The SMILES string of the molecule is Cn1cc(-c2nc(Nc3cc(OC(F)F)ccn3)cc(N3CC4(CCN(C(=O)C5CC5)CC4)C3)n2)cn1. The third kappa shape index (κ3) is 5.05. The second kappa shape index (κ2) is 9.24. The van der Waals surface area contributed by atoms with E-state index in [9.17, 15) is 13.6 Å². The summed E-state index contributed by atoms with van der Waals surface area (Å²) in [5.41, 5.74) is 0.952. The number of nitrogens with zero attached hydrogens (tertiary/aromatic N) is 7. The highest BCUT2D eigenvalue weighted by Gasteiger charge is 2.47. The monoisotopic (exact) mass is 510 g/mol. The van der Waals surface area contributed by atoms with E-state index >= 15 is 0 Å². The average Bonchev–Trinajstić information content (AvgIpc) is 3.62. The minimum Gasteiger partial charge on any atom is -0.435 e. The number of nitrogens with one attached hydrogen (secondary N) is 1. The van der Waals surface area contributed by atoms with Crippen LogP contribution < -0.4 is 15.0 Å². The molecule has 1 saturated carbocycles. The molecule has 37 heavy (non-hydrogen) atoms. The van der Waals surface area contributed by atoms with Gasteiger partial charge in [0, 0.05) is 69.1 Å². The molecule has 0 aromatic carbocycles. The molecule has 0 atom stereocenters. The van der Waals surface area contributed by atoms with Crippen molar-refractivity contribution in [3.05, 3.63) is 36.8 Å². The van der Waals surface area contributed by atoms with Crippen LogP contribution in [0.25, 0.3) is 11.4 Å². The Morgan fingerprint density at radius 3 is 2.62 bits per heavy atom. The first kappa shape index (κ1) is 23.6. The van der Waals surface area contributed by atoms with E-state index in [0.717, 1.165) is 63.2 Å². The number of halogens is 2. The summed E-state index contributed by atoms with van der Waals surface area (Å²) < 4.78 is 31.5. The lowest BCUT2D eigenvalue weighted by molar-refractivity contribution is -0.135. The number of alkyl halides is 2. The van der Waals surface area contributed by atoms with E-state index in [1.165, 1.54) is 18.3 Å². The predicted octanol–water partition coefficient (Wildman–Crippen LogP) is 3.46. The number of hydrogen-bond acceptors (Lipinski definition) is 8. The molecule has 3 aliphatic rings. The van der Waals surface area contributed by atoms with Crippen molar-refractivity contribution in [3.8, 4) is 17.1 Å². The number of carbonyl (C=O) groups is 1. The molecule has 0 unspecified atom stereocenters. The summed E-state index contributed by atoms with van der Waals surface area (Å²) in [6.07, 6.45) is 8.99. The van der Waals surface area contributed by atoms with Gasteiger partial charge in [0.05, 0.1) is 11.8 Å². The number of ether oxygens (including phenoxy) is 1. The summed E-state index contributed by atoms with van der Waals surface area (Å²) in [5, 5.41) is 7.33. The van der Waals surface area contributed by atoms with E-state index in [1.807, 2.05) is 24.2 Å². The van der Waals surface area contributed by atoms with Gasteiger partial charge in [-0.2, -0.15) is 13.9 Å². The van der Waals surface area contributed by atoms with Crippen molar-refractivity contribution in [3.63, 3.8) is 0 Å². The van der Waals surface area contributed by atoms with E-state index in [0.29, 0.717) is 23.4 Å². The highest BCUT2D eigenvalue weighted by atomic mass is 19.3. The molecular weight excluding hydrogens is 482 g/mol. The van der Waals surface area contributed by atoms with Gasteiger partial charge < -0.3 is 19.9 Å². The van der Waals surface area contributed by atoms with Crippen LogP contribution in [-0.4, -0.2) is 68.3 Å². The van der Waals surface area contributed by atoms with E-state index in [-0.39, 0.29) is 17.1 Å². The van der Waals surface area contributed by atoms with Crippen molar-refractivity contribution in [1.29, 1.82) is 0 Å². The topological polar surface area (TPSA) is 101 Å². The first-order valence-electron chi connectivity index (χ1n) is 12.5. The highest BCUT2D eigenvalue weighted by molar-refractivity contribution is 5.81. The van der Waals surface area contributed by atoms with Crippen LogP contribution in [0.3, 0.4) is 0 Å². The van der Waals surface area contributed by atoms with E-state index in [4.69, 9.17) is 4.98 Å². The van der Waals surface area contributed by atoms with Crippen LogP contribution in [0, 0.1) is 11.3 Å². The summed E-state index contributed by atoms with van der Waals surface area (Å²) in [5.74, 6) is 2.67. The molecule has 1 spiro atoms. The Labute approximate surface area is 212 Å². The van der Waals surface area contributed by atoms with Crippen LogP contribution in [0.4, 0.5) is 26.2 Å². The molecule has 0 radical (unpaired) electrons. The van der Waals surface area contributed by atoms with Gasteiger partial charge in [-0.1, -0.05) is 0 Å². The van der Waals surface area contributed by atoms with Crippen LogP contribution in [0.5, 0.6) is 5.75 Å². The Morgan fingerprint density at radius 2 is 1.95 bits per heavy atom. The molecule has 2 saturated heterocycles. The van der Waals surface area contributed by atoms with Crippen molar-refractivity contribution in [2.24, 2.45) is 18.4 Å². The normalized spacial score (nSPS) is 18.7. The van der Waals surface area contributed by atoms with Gasteiger partial charge in [-0.3, -0.25) is 9.48 Å². The van der Waals surface area contributed by atoms with Crippen LogP contribution in [0.1, 0.15) is 25.7 Å². The number of piperidine rings is 1. The molecule has 12 heteroatoms. The van der Waals surface area contributed by atoms with E-state index in [2.05, 4.69) is 30.0 Å². The third-order valence-corrected chi connectivity index (χ3v) is 7.33. The lowest BCUT2D eigenvalue weighted by atomic mass is 9.72. The Hall–Kier alpha value is -3.83. The Morgan fingerprint density at radius 1 is 1.16 bits per heavy atom. The Balaban J connectivity index is 1.20. The van der Waals surface area contributed by atoms with Crippen LogP contribution >= 0.6 is 0 Å². The molecule has 1 N–H and O–H groups in total. The number of aromatic nitrogens is 5. The Kier molecular flexibility index (Phi) is 5.88. The molecule has 1 aliphatic carbocycles. The second-order valence-corrected chi connectivity index (χ2v) is 10.2. The van der Waals surface area contributed by atoms with Gasteiger partial charge in [-0.15, -0.1) is 0 Å². The molecule has 6 rings (SSSR count). The minimum atomic E-state index is -2.92. The smallest absolute Gasteiger partial charge is 0.387 e. The molecule has 3 aromatic rings. The molecular formula is C25H28F2N8O2. The molecule has 1 amide bonds. The zero-order chi connectivity index (χ0) is 25.6. The number of carbonyl (C=O) groups excluding carboxylic acids is 1. The largest absolute Gasteiger partial charge is 0.435 e. The second-order valence-electron chi connectivity index (χ2n) is 10.2. The van der Waals surface area contributed by atoms with Crippen molar-refractivity contribution in [2.75, 3.05) is 36.4 Å². The Bertz CT molecular complexity index is 1300. The zero-order valence-electron chi connectivity index (χ0n) is 20.5. The lowest BCUT2D eigenvalue weighted by Gasteiger charge is -2.54. The van der Waals surface area contributed by atoms with Crippen molar-refractivity contribution < 1.29 is 18.3 Å². The zero-order valence-corrected chi connectivity index (χ0v) is 20.5. The number of likely N-dealkylation sites (tertiary alicyclic amines) is 1. The molecule has 5 heterocycles. The van der Waals surface area contributed by atoms with Crippen LogP contribution in [0.2, 0.25) is 0 Å². The van der Waals surface area contributed by atoms with Gasteiger partial charge in [0.25, 0.3) is 0 Å². The van der Waals surface area contributed by atoms with Gasteiger partial charge in [0.1, 0.15) is 23.2 Å². The molecule has 194 valence electrons. The maximum atomic E-state index is 12.6. The number of amides is 1. The summed E-state index contributed by atoms with van der Waals surface area (Å²) in [6, 6.07) is 4.60. The van der Waals surface area contributed by atoms with Crippen molar-refractivity contribution in [2.45, 2.75) is 32.3 Å². The standard InChI is InChI=1S/C25H28F2N8O2/c1-33-13-17(12-29-33)22-31-20(30-19-10-18(4-7-28-19)37-24(26)27)11-21(32-22)35-14-25(15-35)5-8-34(9-6-25)23(36)16-2-3-16/h4,7,10-13,16,24H,2-3,5-6,8-9,14-15H2,1H3,(H,28,30,31,32). The van der Waals surface area contributed by atoms with Crippen LogP contribution in [-0.2, 0) is 11.8 Å². The maximum Gasteiger partial charge on any atom is 0.387 e. The van der Waals surface area contributed by atoms with Crippen molar-refractivity contribution >= 4 is 23.4 Å². The molecule has 0 bridgehead atoms. The lowest BCUT2D eigenvalue weighted by Crippen LogP contribution is -2.61. The average molecular weight is 511 g/mol. The summed E-state index contributed by atoms with van der Waals surface area (Å²) in [6.45, 7) is 0.442. The minimum absolute atomic E-state index is 0.00505. The fourth-order valence-electron chi connectivity index (χ4n) is 5.14. The fourth-order valence-corrected chi connectivity index (χ4v) is 5.14. The molecule has 3 fully saturated rings. The van der Waals surface area contributed by atoms with Gasteiger partial charge in [-0.25, -0.2) is 15.0 Å². The first-order chi connectivity index (χ1) is 17.9. The quantitative estimate of drug-likeness (QED) is 0.516. The van der Waals surface area contributed by atoms with E-state index < -0.39 is 6.61 Å². The molecule has 2 aliphatic heterocycles. The van der Waals surface area contributed by atoms with E-state index in [1.54, 1.807) is 10.9 Å². The maximum absolute atomic E-state index is 12.6.